The molecule has 2 aromatic carbocycles. The van der Waals surface area contributed by atoms with Gasteiger partial charge >= 0.3 is 12.3 Å². The number of hydrogen-bond donors (Lipinski definition) is 1. The van der Waals surface area contributed by atoms with Crippen LogP contribution in [-0.4, -0.2) is 41.5 Å². The van der Waals surface area contributed by atoms with Crippen LogP contribution in [0.2, 0.25) is 0 Å². The normalized spacial score (nSPS) is 26.7. The van der Waals surface area contributed by atoms with Gasteiger partial charge in [-0.3, -0.25) is 9.69 Å². The van der Waals surface area contributed by atoms with E-state index in [1.54, 1.807) is 13.8 Å². The summed E-state index contributed by atoms with van der Waals surface area (Å²) in [7, 11) is 1.87. The van der Waals surface area contributed by atoms with Crippen molar-refractivity contribution in [2.75, 3.05) is 7.05 Å². The van der Waals surface area contributed by atoms with Crippen LogP contribution in [0.1, 0.15) is 81.5 Å². The van der Waals surface area contributed by atoms with Gasteiger partial charge in [0, 0.05) is 17.6 Å². The first-order chi connectivity index (χ1) is 19.3. The summed E-state index contributed by atoms with van der Waals surface area (Å²) in [5.41, 5.74) is 2.33. The van der Waals surface area contributed by atoms with Gasteiger partial charge in [-0.2, -0.15) is 0 Å². The van der Waals surface area contributed by atoms with Crippen LogP contribution in [0.5, 0.6) is 11.5 Å². The Morgan fingerprint density at radius 3 is 2.49 bits per heavy atom. The minimum Gasteiger partial charge on any atom is -0.490 e. The summed E-state index contributed by atoms with van der Waals surface area (Å²) in [6.07, 6.45) is 0.649. The number of nitrogens with zero attached hydrogens (tertiary/aromatic N) is 1. The molecular weight excluding hydrogens is 538 g/mol. The second-order valence-corrected chi connectivity index (χ2v) is 12.4. The zero-order valence-electron chi connectivity index (χ0n) is 24.0. The zero-order valence-corrected chi connectivity index (χ0v) is 24.0. The van der Waals surface area contributed by atoms with Crippen LogP contribution in [0, 0.1) is 29.5 Å². The molecule has 2 aromatic rings. The zero-order chi connectivity index (χ0) is 29.6. The number of carboxylic acid groups (broad SMARTS) is 1. The van der Waals surface area contributed by atoms with Gasteiger partial charge in [0.2, 0.25) is 0 Å². The van der Waals surface area contributed by atoms with E-state index in [2.05, 4.69) is 29.9 Å². The molecule has 0 aromatic heterocycles. The third-order valence-electron chi connectivity index (χ3n) is 9.74. The summed E-state index contributed by atoms with van der Waals surface area (Å²) >= 11 is 0. The van der Waals surface area contributed by atoms with E-state index < -0.39 is 30.1 Å². The maximum Gasteiger partial charge on any atom is 0.573 e. The molecule has 6 unspecified atom stereocenters. The highest BCUT2D eigenvalue weighted by Gasteiger charge is 2.43. The van der Waals surface area contributed by atoms with E-state index in [4.69, 9.17) is 4.74 Å². The molecule has 0 saturated heterocycles. The number of carbonyl (C=O) groups is 1. The largest absolute Gasteiger partial charge is 0.573 e. The van der Waals surface area contributed by atoms with Crippen molar-refractivity contribution in [1.29, 1.82) is 0 Å². The second-order valence-electron chi connectivity index (χ2n) is 12.4. The van der Waals surface area contributed by atoms with Gasteiger partial charge in [0.25, 0.3) is 0 Å². The van der Waals surface area contributed by atoms with E-state index >= 15 is 0 Å². The Kier molecular flexibility index (Phi) is 8.30. The standard InChI is InChI=1S/C32H39F4NO4/c1-17-13-24(37(4)19(3)26-15-23(33)10-12-28(26)41-32(34,35)36)16-25(17)27-11-9-20-5-8-22(14-29(20)40-27)30(21-6-7-21)18(2)31(38)39/h5,8,10,12,14-15,17-19,21,24-25,27,30H,6-7,9,11,13,16H2,1-4H3,(H,38,39)/t17?,18-,19?,24?,25?,27?,30?/m0/s1. The first-order valence-electron chi connectivity index (χ1n) is 14.6. The Balaban J connectivity index is 1.30. The van der Waals surface area contributed by atoms with Gasteiger partial charge in [0.1, 0.15) is 23.4 Å². The number of halogens is 4. The van der Waals surface area contributed by atoms with Crippen LogP contribution in [0.25, 0.3) is 0 Å². The number of alkyl halides is 3. The van der Waals surface area contributed by atoms with Crippen LogP contribution >= 0.6 is 0 Å². The molecule has 1 N–H and O–H groups in total. The van der Waals surface area contributed by atoms with Gasteiger partial charge in [-0.05, 0) is 112 Å². The number of carboxylic acids is 1. The van der Waals surface area contributed by atoms with Crippen molar-refractivity contribution in [3.8, 4) is 11.5 Å². The van der Waals surface area contributed by atoms with Crippen LogP contribution < -0.4 is 9.47 Å². The molecule has 0 radical (unpaired) electrons. The van der Waals surface area contributed by atoms with E-state index in [1.807, 2.05) is 11.9 Å². The highest BCUT2D eigenvalue weighted by atomic mass is 19.4. The summed E-state index contributed by atoms with van der Waals surface area (Å²) in [6, 6.07) is 8.93. The minimum absolute atomic E-state index is 0.00368. The summed E-state index contributed by atoms with van der Waals surface area (Å²) in [5.74, 6) is -0.448. The lowest BCUT2D eigenvalue weighted by molar-refractivity contribution is -0.275. The first kappa shape index (κ1) is 29.7. The minimum atomic E-state index is -4.86. The first-order valence-corrected chi connectivity index (χ1v) is 14.6. The van der Waals surface area contributed by atoms with Gasteiger partial charge < -0.3 is 14.6 Å². The Hall–Kier alpha value is -2.81. The number of ether oxygens (including phenoxy) is 2. The molecule has 0 bridgehead atoms. The van der Waals surface area contributed by atoms with Gasteiger partial charge in [-0.25, -0.2) is 4.39 Å². The highest BCUT2D eigenvalue weighted by molar-refractivity contribution is 5.71. The Bertz CT molecular complexity index is 1260. The number of aliphatic carboxylic acids is 1. The van der Waals surface area contributed by atoms with E-state index in [1.165, 1.54) is 0 Å². The second kappa shape index (κ2) is 11.5. The van der Waals surface area contributed by atoms with Crippen LogP contribution in [-0.2, 0) is 11.2 Å². The molecule has 9 heteroatoms. The maximum absolute atomic E-state index is 14.1. The topological polar surface area (TPSA) is 59.0 Å². The molecule has 0 spiro atoms. The van der Waals surface area contributed by atoms with E-state index in [0.717, 1.165) is 73.6 Å². The molecule has 41 heavy (non-hydrogen) atoms. The number of benzene rings is 2. The Morgan fingerprint density at radius 1 is 1.10 bits per heavy atom. The lowest BCUT2D eigenvalue weighted by Crippen LogP contribution is -2.35. The molecular formula is C32H39F4NO4. The van der Waals surface area contributed by atoms with E-state index in [9.17, 15) is 27.5 Å². The number of rotatable bonds is 9. The smallest absolute Gasteiger partial charge is 0.490 e. The third-order valence-corrected chi connectivity index (χ3v) is 9.74. The van der Waals surface area contributed by atoms with Gasteiger partial charge in [-0.15, -0.1) is 13.2 Å². The molecule has 1 aliphatic heterocycles. The number of hydrogen-bond acceptors (Lipinski definition) is 4. The Morgan fingerprint density at radius 2 is 1.83 bits per heavy atom. The number of aryl methyl sites for hydroxylation is 1. The summed E-state index contributed by atoms with van der Waals surface area (Å²) in [4.78, 5) is 13.8. The third kappa shape index (κ3) is 6.50. The molecule has 224 valence electrons. The SMILES string of the molecule is CC1CC(N(C)C(C)c2cc(F)ccc2OC(F)(F)F)CC1C1CCc2ccc(C(C3CC3)[C@H](C)C(=O)O)cc2O1. The molecule has 2 aliphatic carbocycles. The predicted molar refractivity (Wildman–Crippen MR) is 146 cm³/mol. The lowest BCUT2D eigenvalue weighted by atomic mass is 9.82. The monoisotopic (exact) mass is 577 g/mol. The molecule has 1 heterocycles. The van der Waals surface area contributed by atoms with Gasteiger partial charge in [0.05, 0.1) is 5.92 Å². The Labute approximate surface area is 238 Å². The fourth-order valence-corrected chi connectivity index (χ4v) is 7.19. The molecule has 5 rings (SSSR count). The molecule has 2 saturated carbocycles. The molecule has 7 atom stereocenters. The summed E-state index contributed by atoms with van der Waals surface area (Å²) < 4.78 is 64.0. The molecule has 5 nitrogen and oxygen atoms in total. The van der Waals surface area contributed by atoms with Crippen molar-refractivity contribution in [1.82, 2.24) is 4.90 Å². The van der Waals surface area contributed by atoms with Crippen molar-refractivity contribution >= 4 is 5.97 Å². The lowest BCUT2D eigenvalue weighted by Gasteiger charge is -2.34. The molecule has 0 amide bonds. The fourth-order valence-electron chi connectivity index (χ4n) is 7.19. The summed E-state index contributed by atoms with van der Waals surface area (Å²) in [6.45, 7) is 5.75. The quantitative estimate of drug-likeness (QED) is 0.309. The van der Waals surface area contributed by atoms with Crippen LogP contribution in [0.4, 0.5) is 17.6 Å². The fraction of sp³-hybridized carbons (Fsp3) is 0.594. The average Bonchev–Trinajstić information content (AvgIpc) is 3.67. The number of fused-ring (bicyclic) bond motifs is 1. The molecule has 2 fully saturated rings. The highest BCUT2D eigenvalue weighted by Crippen LogP contribution is 2.49. The van der Waals surface area contributed by atoms with Crippen molar-refractivity contribution < 1.29 is 36.9 Å². The van der Waals surface area contributed by atoms with E-state index in [-0.39, 0.29) is 35.3 Å². The van der Waals surface area contributed by atoms with Crippen molar-refractivity contribution in [3.05, 3.63) is 58.9 Å². The summed E-state index contributed by atoms with van der Waals surface area (Å²) in [5, 5.41) is 9.69. The van der Waals surface area contributed by atoms with Crippen LogP contribution in [0.3, 0.4) is 0 Å². The van der Waals surface area contributed by atoms with Gasteiger partial charge in [0.15, 0.2) is 0 Å². The predicted octanol–water partition coefficient (Wildman–Crippen LogP) is 7.74. The maximum atomic E-state index is 14.1. The van der Waals surface area contributed by atoms with E-state index in [0.29, 0.717) is 11.8 Å². The molecule has 3 aliphatic rings. The van der Waals surface area contributed by atoms with Gasteiger partial charge in [-0.1, -0.05) is 26.0 Å². The van der Waals surface area contributed by atoms with Crippen molar-refractivity contribution in [3.63, 3.8) is 0 Å². The van der Waals surface area contributed by atoms with Crippen molar-refractivity contribution in [2.45, 2.75) is 89.8 Å². The van der Waals surface area contributed by atoms with Crippen LogP contribution in [0.15, 0.2) is 36.4 Å². The van der Waals surface area contributed by atoms with Crippen molar-refractivity contribution in [2.24, 2.45) is 23.7 Å². The average molecular weight is 578 g/mol.